The first-order chi connectivity index (χ1) is 8.84. The van der Waals surface area contributed by atoms with Gasteiger partial charge < -0.3 is 10.0 Å². The lowest BCUT2D eigenvalue weighted by atomic mass is 9.76. The number of likely N-dealkylation sites (tertiary alicyclic amines) is 1. The largest absolute Gasteiger partial charge is 0.481 e. The fourth-order valence-electron chi connectivity index (χ4n) is 2.86. The van der Waals surface area contributed by atoms with Crippen molar-refractivity contribution in [2.75, 3.05) is 13.1 Å². The van der Waals surface area contributed by atoms with Crippen LogP contribution in [0.1, 0.15) is 53.4 Å². The summed E-state index contributed by atoms with van der Waals surface area (Å²) in [6, 6.07) is 0. The summed E-state index contributed by atoms with van der Waals surface area (Å²) < 4.78 is 0. The molecule has 110 valence electrons. The standard InChI is InChI=1S/C15H27NO3/c1-5-7-15(14(18)19)8-6-9-16(10-15)13(17)12(4)11(2)3/h11-12H,5-10H2,1-4H3,(H,18,19). The van der Waals surface area contributed by atoms with Gasteiger partial charge in [0.25, 0.3) is 0 Å². The van der Waals surface area contributed by atoms with E-state index in [1.807, 2.05) is 27.7 Å². The molecule has 1 heterocycles. The zero-order valence-corrected chi connectivity index (χ0v) is 12.6. The van der Waals surface area contributed by atoms with Crippen molar-refractivity contribution in [1.82, 2.24) is 4.90 Å². The van der Waals surface area contributed by atoms with E-state index in [4.69, 9.17) is 0 Å². The first-order valence-corrected chi connectivity index (χ1v) is 7.36. The third kappa shape index (κ3) is 3.48. The van der Waals surface area contributed by atoms with Crippen LogP contribution in [-0.2, 0) is 9.59 Å². The fraction of sp³-hybridized carbons (Fsp3) is 0.867. The lowest BCUT2D eigenvalue weighted by Gasteiger charge is -2.41. The molecule has 0 spiro atoms. The van der Waals surface area contributed by atoms with Crippen molar-refractivity contribution in [3.8, 4) is 0 Å². The Morgan fingerprint density at radius 2 is 1.95 bits per heavy atom. The van der Waals surface area contributed by atoms with E-state index in [1.54, 1.807) is 4.90 Å². The minimum absolute atomic E-state index is 0.0359. The first kappa shape index (κ1) is 16.0. The van der Waals surface area contributed by atoms with Crippen LogP contribution >= 0.6 is 0 Å². The third-order valence-corrected chi connectivity index (χ3v) is 4.46. The molecule has 1 aliphatic rings. The Balaban J connectivity index is 2.83. The molecular weight excluding hydrogens is 242 g/mol. The molecule has 19 heavy (non-hydrogen) atoms. The second kappa shape index (κ2) is 6.40. The minimum Gasteiger partial charge on any atom is -0.481 e. The number of aliphatic carboxylic acids is 1. The highest BCUT2D eigenvalue weighted by atomic mass is 16.4. The van der Waals surface area contributed by atoms with Crippen LogP contribution in [0, 0.1) is 17.3 Å². The zero-order valence-electron chi connectivity index (χ0n) is 12.6. The topological polar surface area (TPSA) is 57.6 Å². The van der Waals surface area contributed by atoms with E-state index in [9.17, 15) is 14.7 Å². The van der Waals surface area contributed by atoms with Gasteiger partial charge in [0.2, 0.25) is 5.91 Å². The third-order valence-electron chi connectivity index (χ3n) is 4.46. The van der Waals surface area contributed by atoms with Gasteiger partial charge in [-0.15, -0.1) is 0 Å². The normalized spacial score (nSPS) is 25.4. The predicted octanol–water partition coefficient (Wildman–Crippen LogP) is 2.77. The highest BCUT2D eigenvalue weighted by Gasteiger charge is 2.43. The average molecular weight is 269 g/mol. The minimum atomic E-state index is -0.746. The van der Waals surface area contributed by atoms with Gasteiger partial charge >= 0.3 is 5.97 Å². The van der Waals surface area contributed by atoms with Gasteiger partial charge in [-0.25, -0.2) is 0 Å². The Bertz CT molecular complexity index is 336. The Hall–Kier alpha value is -1.06. The van der Waals surface area contributed by atoms with E-state index < -0.39 is 11.4 Å². The molecule has 1 aliphatic heterocycles. The Morgan fingerprint density at radius 3 is 2.42 bits per heavy atom. The quantitative estimate of drug-likeness (QED) is 0.835. The van der Waals surface area contributed by atoms with Gasteiger partial charge in [0.1, 0.15) is 0 Å². The molecule has 4 nitrogen and oxygen atoms in total. The summed E-state index contributed by atoms with van der Waals surface area (Å²) in [6.45, 7) is 9.08. The van der Waals surface area contributed by atoms with E-state index in [0.717, 1.165) is 12.8 Å². The number of carbonyl (C=O) groups is 2. The molecule has 1 rings (SSSR count). The maximum absolute atomic E-state index is 12.4. The number of hydrogen-bond donors (Lipinski definition) is 1. The molecule has 1 fully saturated rings. The molecule has 0 aliphatic carbocycles. The van der Waals surface area contributed by atoms with Crippen molar-refractivity contribution in [1.29, 1.82) is 0 Å². The number of nitrogens with zero attached hydrogens (tertiary/aromatic N) is 1. The van der Waals surface area contributed by atoms with Crippen molar-refractivity contribution >= 4 is 11.9 Å². The summed E-state index contributed by atoms with van der Waals surface area (Å²) >= 11 is 0. The van der Waals surface area contributed by atoms with E-state index in [-0.39, 0.29) is 11.8 Å². The number of amides is 1. The smallest absolute Gasteiger partial charge is 0.311 e. The van der Waals surface area contributed by atoms with Crippen LogP contribution in [0.25, 0.3) is 0 Å². The van der Waals surface area contributed by atoms with Gasteiger partial charge in [-0.1, -0.05) is 34.1 Å². The molecule has 2 unspecified atom stereocenters. The first-order valence-electron chi connectivity index (χ1n) is 7.36. The summed E-state index contributed by atoms with van der Waals surface area (Å²) in [5.74, 6) is -0.383. The van der Waals surface area contributed by atoms with Crippen LogP contribution in [0.4, 0.5) is 0 Å². The number of piperidine rings is 1. The maximum Gasteiger partial charge on any atom is 0.311 e. The summed E-state index contributed by atoms with van der Waals surface area (Å²) in [7, 11) is 0. The van der Waals surface area contributed by atoms with Crippen molar-refractivity contribution in [3.63, 3.8) is 0 Å². The van der Waals surface area contributed by atoms with Crippen molar-refractivity contribution in [3.05, 3.63) is 0 Å². The van der Waals surface area contributed by atoms with Crippen LogP contribution in [0.2, 0.25) is 0 Å². The SMILES string of the molecule is CCCC1(C(=O)O)CCCN(C(=O)C(C)C(C)C)C1. The lowest BCUT2D eigenvalue weighted by Crippen LogP contribution is -2.51. The van der Waals surface area contributed by atoms with Crippen molar-refractivity contribution in [2.45, 2.75) is 53.4 Å². The summed E-state index contributed by atoms with van der Waals surface area (Å²) in [6.07, 6.45) is 2.98. The summed E-state index contributed by atoms with van der Waals surface area (Å²) in [4.78, 5) is 25.8. The Kier molecular flexibility index (Phi) is 5.39. The number of carboxylic acid groups (broad SMARTS) is 1. The van der Waals surface area contributed by atoms with Gasteiger partial charge in [0.05, 0.1) is 5.41 Å². The maximum atomic E-state index is 12.4. The lowest BCUT2D eigenvalue weighted by molar-refractivity contribution is -0.156. The van der Waals surface area contributed by atoms with Gasteiger partial charge in [-0.2, -0.15) is 0 Å². The molecule has 0 aromatic rings. The molecule has 1 amide bonds. The molecule has 0 saturated carbocycles. The molecule has 0 radical (unpaired) electrons. The summed E-state index contributed by atoms with van der Waals surface area (Å²) in [5, 5.41) is 9.53. The molecular formula is C15H27NO3. The predicted molar refractivity (Wildman–Crippen MR) is 74.8 cm³/mol. The molecule has 1 saturated heterocycles. The monoisotopic (exact) mass is 269 g/mol. The molecule has 2 atom stereocenters. The molecule has 0 aromatic carbocycles. The molecule has 0 aromatic heterocycles. The molecule has 1 N–H and O–H groups in total. The van der Waals surface area contributed by atoms with E-state index >= 15 is 0 Å². The summed E-state index contributed by atoms with van der Waals surface area (Å²) in [5.41, 5.74) is -0.723. The number of carboxylic acids is 1. The molecule has 0 bridgehead atoms. The Labute approximate surface area is 116 Å². The van der Waals surface area contributed by atoms with Gasteiger partial charge in [-0.3, -0.25) is 9.59 Å². The fourth-order valence-corrected chi connectivity index (χ4v) is 2.86. The van der Waals surface area contributed by atoms with E-state index in [1.165, 1.54) is 0 Å². The van der Waals surface area contributed by atoms with Crippen LogP contribution in [0.15, 0.2) is 0 Å². The zero-order chi connectivity index (χ0) is 14.6. The van der Waals surface area contributed by atoms with Gasteiger partial charge in [0.15, 0.2) is 0 Å². The van der Waals surface area contributed by atoms with Crippen molar-refractivity contribution in [2.24, 2.45) is 17.3 Å². The van der Waals surface area contributed by atoms with Gasteiger partial charge in [-0.05, 0) is 25.2 Å². The molecule has 4 heteroatoms. The van der Waals surface area contributed by atoms with Crippen molar-refractivity contribution < 1.29 is 14.7 Å². The highest BCUT2D eigenvalue weighted by molar-refractivity contribution is 5.81. The highest BCUT2D eigenvalue weighted by Crippen LogP contribution is 2.35. The van der Waals surface area contributed by atoms with E-state index in [0.29, 0.717) is 31.8 Å². The van der Waals surface area contributed by atoms with Crippen LogP contribution in [0.5, 0.6) is 0 Å². The number of carbonyl (C=O) groups excluding carboxylic acids is 1. The average Bonchev–Trinajstić information content (AvgIpc) is 2.37. The number of rotatable bonds is 5. The van der Waals surface area contributed by atoms with Crippen LogP contribution in [0.3, 0.4) is 0 Å². The second-order valence-corrected chi connectivity index (χ2v) is 6.23. The van der Waals surface area contributed by atoms with Gasteiger partial charge in [0, 0.05) is 19.0 Å². The number of hydrogen-bond acceptors (Lipinski definition) is 2. The second-order valence-electron chi connectivity index (χ2n) is 6.23. The van der Waals surface area contributed by atoms with E-state index in [2.05, 4.69) is 0 Å². The van der Waals surface area contributed by atoms with Crippen LogP contribution in [-0.4, -0.2) is 35.0 Å². The van der Waals surface area contributed by atoms with Crippen LogP contribution < -0.4 is 0 Å². The Morgan fingerprint density at radius 1 is 1.32 bits per heavy atom.